The number of likely N-dealkylation sites (tertiary alicyclic amines) is 2. The maximum Gasteiger partial charge on any atom is 0.251 e. The number of benzene rings is 1. The Morgan fingerprint density at radius 2 is 1.69 bits per heavy atom. The fraction of sp³-hybridized carbons (Fsp3) is 0.652. The van der Waals surface area contributed by atoms with Crippen LogP contribution in [-0.4, -0.2) is 65.0 Å². The van der Waals surface area contributed by atoms with Crippen LogP contribution in [0, 0.1) is 5.92 Å². The van der Waals surface area contributed by atoms with Crippen molar-refractivity contribution in [3.8, 4) is 0 Å². The molecule has 29 heavy (non-hydrogen) atoms. The molecule has 2 atom stereocenters. The second-order valence-corrected chi connectivity index (χ2v) is 8.88. The highest BCUT2D eigenvalue weighted by molar-refractivity contribution is 5.94. The van der Waals surface area contributed by atoms with Crippen molar-refractivity contribution in [1.82, 2.24) is 15.1 Å². The summed E-state index contributed by atoms with van der Waals surface area (Å²) in [7, 11) is 0. The fourth-order valence-corrected chi connectivity index (χ4v) is 4.72. The highest BCUT2D eigenvalue weighted by Gasteiger charge is 2.38. The largest absolute Gasteiger partial charge is 0.392 e. The molecule has 4 rings (SSSR count). The molecular weight excluding hydrogens is 366 g/mol. The van der Waals surface area contributed by atoms with E-state index in [4.69, 9.17) is 5.11 Å². The molecule has 3 fully saturated rings. The monoisotopic (exact) mass is 399 g/mol. The van der Waals surface area contributed by atoms with Gasteiger partial charge in [0.15, 0.2) is 0 Å². The Kier molecular flexibility index (Phi) is 6.50. The lowest BCUT2D eigenvalue weighted by atomic mass is 10.1. The molecule has 1 aliphatic carbocycles. The Morgan fingerprint density at radius 3 is 2.34 bits per heavy atom. The number of carbonyl (C=O) groups excluding carboxylic acids is 2. The molecule has 0 spiro atoms. The number of rotatable bonds is 8. The first-order valence-corrected chi connectivity index (χ1v) is 11.2. The van der Waals surface area contributed by atoms with Gasteiger partial charge in [0.2, 0.25) is 5.91 Å². The fourth-order valence-electron chi connectivity index (χ4n) is 4.72. The van der Waals surface area contributed by atoms with Crippen LogP contribution in [0.25, 0.3) is 0 Å². The third-order valence-corrected chi connectivity index (χ3v) is 6.70. The summed E-state index contributed by atoms with van der Waals surface area (Å²) in [6, 6.07) is 7.71. The van der Waals surface area contributed by atoms with E-state index in [1.165, 1.54) is 12.8 Å². The third kappa shape index (κ3) is 5.17. The summed E-state index contributed by atoms with van der Waals surface area (Å²) in [4.78, 5) is 29.7. The van der Waals surface area contributed by atoms with Crippen molar-refractivity contribution >= 4 is 11.8 Å². The Labute approximate surface area is 173 Å². The minimum atomic E-state index is -0.0718. The van der Waals surface area contributed by atoms with Gasteiger partial charge in [-0.25, -0.2) is 0 Å². The van der Waals surface area contributed by atoms with Gasteiger partial charge in [-0.05, 0) is 62.1 Å². The van der Waals surface area contributed by atoms with Crippen LogP contribution < -0.4 is 5.32 Å². The van der Waals surface area contributed by atoms with E-state index in [-0.39, 0.29) is 12.5 Å². The molecular formula is C23H33N3O3. The molecule has 2 amide bonds. The first-order chi connectivity index (χ1) is 14.1. The molecule has 2 N–H and O–H groups in total. The summed E-state index contributed by atoms with van der Waals surface area (Å²) >= 11 is 0. The molecule has 2 aliphatic heterocycles. The van der Waals surface area contributed by atoms with Gasteiger partial charge in [-0.15, -0.1) is 0 Å². The lowest BCUT2D eigenvalue weighted by molar-refractivity contribution is -0.131. The second kappa shape index (κ2) is 9.26. The lowest BCUT2D eigenvalue weighted by Gasteiger charge is -2.31. The zero-order valence-corrected chi connectivity index (χ0v) is 17.2. The average molecular weight is 400 g/mol. The van der Waals surface area contributed by atoms with E-state index in [2.05, 4.69) is 10.2 Å². The Bertz CT molecular complexity index is 711. The number of amides is 2. The first kappa shape index (κ1) is 20.4. The van der Waals surface area contributed by atoms with Crippen LogP contribution in [0.2, 0.25) is 0 Å². The summed E-state index contributed by atoms with van der Waals surface area (Å²) in [5.41, 5.74) is 1.42. The van der Waals surface area contributed by atoms with Crippen LogP contribution in [0.5, 0.6) is 0 Å². The molecule has 1 aromatic carbocycles. The average Bonchev–Trinajstić information content (AvgIpc) is 3.24. The van der Waals surface area contributed by atoms with Crippen LogP contribution in [0.4, 0.5) is 0 Å². The second-order valence-electron chi connectivity index (χ2n) is 8.88. The normalized spacial score (nSPS) is 24.8. The first-order valence-electron chi connectivity index (χ1n) is 11.2. The van der Waals surface area contributed by atoms with Gasteiger partial charge in [-0.2, -0.15) is 0 Å². The van der Waals surface area contributed by atoms with E-state index in [0.29, 0.717) is 36.5 Å². The van der Waals surface area contributed by atoms with Crippen LogP contribution in [0.1, 0.15) is 60.9 Å². The number of hydrogen-bond acceptors (Lipinski definition) is 4. The highest BCUT2D eigenvalue weighted by atomic mass is 16.3. The van der Waals surface area contributed by atoms with Gasteiger partial charge in [0.1, 0.15) is 0 Å². The number of hydrogen-bond donors (Lipinski definition) is 2. The minimum absolute atomic E-state index is 0.0162. The molecule has 6 nitrogen and oxygen atoms in total. The van der Waals surface area contributed by atoms with Gasteiger partial charge >= 0.3 is 0 Å². The summed E-state index contributed by atoms with van der Waals surface area (Å²) in [5, 5.41) is 12.2. The van der Waals surface area contributed by atoms with Crippen molar-refractivity contribution in [3.05, 3.63) is 35.4 Å². The van der Waals surface area contributed by atoms with E-state index in [9.17, 15) is 9.59 Å². The number of nitrogens with one attached hydrogen (secondary N) is 1. The maximum absolute atomic E-state index is 12.7. The summed E-state index contributed by atoms with van der Waals surface area (Å²) < 4.78 is 0. The topological polar surface area (TPSA) is 72.9 Å². The predicted molar refractivity (Wildman–Crippen MR) is 111 cm³/mol. The van der Waals surface area contributed by atoms with Crippen molar-refractivity contribution in [1.29, 1.82) is 0 Å². The summed E-state index contributed by atoms with van der Waals surface area (Å²) in [6.07, 6.45) is 7.55. The highest BCUT2D eigenvalue weighted by Crippen LogP contribution is 2.35. The van der Waals surface area contributed by atoms with Gasteiger partial charge in [-0.1, -0.05) is 12.1 Å². The van der Waals surface area contributed by atoms with Crippen molar-refractivity contribution in [2.45, 2.75) is 63.6 Å². The molecule has 2 heterocycles. The summed E-state index contributed by atoms with van der Waals surface area (Å²) in [5.74, 6) is 1.00. The molecule has 0 bridgehead atoms. The summed E-state index contributed by atoms with van der Waals surface area (Å²) in [6.45, 7) is 3.51. The lowest BCUT2D eigenvalue weighted by Crippen LogP contribution is -2.45. The van der Waals surface area contributed by atoms with Gasteiger partial charge in [0.25, 0.3) is 5.91 Å². The van der Waals surface area contributed by atoms with E-state index < -0.39 is 0 Å². The third-order valence-electron chi connectivity index (χ3n) is 6.70. The van der Waals surface area contributed by atoms with Crippen LogP contribution in [0.3, 0.4) is 0 Å². The predicted octanol–water partition coefficient (Wildman–Crippen LogP) is 2.16. The van der Waals surface area contributed by atoms with E-state index in [0.717, 1.165) is 56.8 Å². The van der Waals surface area contributed by atoms with Crippen molar-refractivity contribution in [2.75, 3.05) is 26.2 Å². The zero-order chi connectivity index (χ0) is 20.2. The van der Waals surface area contributed by atoms with E-state index in [1.54, 1.807) is 24.3 Å². The van der Waals surface area contributed by atoms with Crippen LogP contribution in [-0.2, 0) is 11.4 Å². The standard InChI is InChI=1S/C23H33N3O3/c27-16-18-5-7-19(8-6-18)23(29)24-14-21-10-9-20(26(21)15-17-3-4-17)13-22(28)25-11-1-2-12-25/h5-8,17,20-21,27H,1-4,9-16H2,(H,24,29)/t20-,21+/m1/s1. The molecule has 1 saturated carbocycles. The molecule has 0 radical (unpaired) electrons. The quantitative estimate of drug-likeness (QED) is 0.703. The molecule has 158 valence electrons. The zero-order valence-electron chi connectivity index (χ0n) is 17.2. The number of nitrogens with zero attached hydrogens (tertiary/aromatic N) is 2. The van der Waals surface area contributed by atoms with Gasteiger partial charge in [-0.3, -0.25) is 14.5 Å². The number of carbonyl (C=O) groups is 2. The smallest absolute Gasteiger partial charge is 0.251 e. The van der Waals surface area contributed by atoms with Crippen LogP contribution in [0.15, 0.2) is 24.3 Å². The Morgan fingerprint density at radius 1 is 1.00 bits per heavy atom. The van der Waals surface area contributed by atoms with Crippen molar-refractivity contribution in [3.63, 3.8) is 0 Å². The van der Waals surface area contributed by atoms with Crippen molar-refractivity contribution < 1.29 is 14.7 Å². The van der Waals surface area contributed by atoms with Gasteiger partial charge in [0, 0.05) is 50.2 Å². The molecule has 2 saturated heterocycles. The molecule has 6 heteroatoms. The van der Waals surface area contributed by atoms with E-state index >= 15 is 0 Å². The van der Waals surface area contributed by atoms with Crippen molar-refractivity contribution in [2.24, 2.45) is 5.92 Å². The van der Waals surface area contributed by atoms with Gasteiger partial charge in [0.05, 0.1) is 6.61 Å². The number of aliphatic hydroxyl groups is 1. The minimum Gasteiger partial charge on any atom is -0.392 e. The number of aliphatic hydroxyl groups excluding tert-OH is 1. The molecule has 0 aromatic heterocycles. The SMILES string of the molecule is O=C(NC[C@@H]1CC[C@H](CC(=O)N2CCCC2)N1CC1CC1)c1ccc(CO)cc1. The van der Waals surface area contributed by atoms with Gasteiger partial charge < -0.3 is 15.3 Å². The molecule has 3 aliphatic rings. The van der Waals surface area contributed by atoms with E-state index in [1.807, 2.05) is 4.90 Å². The Balaban J connectivity index is 1.33. The molecule has 1 aromatic rings. The molecule has 0 unspecified atom stereocenters. The Hall–Kier alpha value is -1.92. The maximum atomic E-state index is 12.7. The van der Waals surface area contributed by atoms with Crippen LogP contribution >= 0.6 is 0 Å².